The molecule has 1 heteroatoms. The summed E-state index contributed by atoms with van der Waals surface area (Å²) in [6.45, 7) is 11.1. The number of hydrogen-bond donors (Lipinski definition) is 0. The van der Waals surface area contributed by atoms with Crippen LogP contribution in [0.15, 0.2) is 23.1 Å². The summed E-state index contributed by atoms with van der Waals surface area (Å²) in [5.74, 6) is 0. The Morgan fingerprint density at radius 3 is 1.85 bits per heavy atom. The van der Waals surface area contributed by atoms with Crippen molar-refractivity contribution in [1.82, 2.24) is 0 Å². The standard InChI is InChI=1S/C12H18S/c1-9-7-6-8-10(2)11(9)13-12(3,4)5/h6-8H,1-5H3. The molecule has 1 rings (SSSR count). The second-order valence-electron chi connectivity index (χ2n) is 4.44. The van der Waals surface area contributed by atoms with E-state index in [1.54, 1.807) is 0 Å². The summed E-state index contributed by atoms with van der Waals surface area (Å²) in [7, 11) is 0. The molecule has 0 amide bonds. The maximum absolute atomic E-state index is 2.25. The maximum atomic E-state index is 2.25. The van der Waals surface area contributed by atoms with Crippen LogP contribution >= 0.6 is 11.8 Å². The molecule has 0 atom stereocenters. The summed E-state index contributed by atoms with van der Waals surface area (Å²) >= 11 is 1.95. The molecule has 72 valence electrons. The third kappa shape index (κ3) is 3.07. The van der Waals surface area contributed by atoms with E-state index >= 15 is 0 Å². The van der Waals surface area contributed by atoms with Gasteiger partial charge >= 0.3 is 0 Å². The molecule has 0 aliphatic heterocycles. The van der Waals surface area contributed by atoms with Crippen molar-refractivity contribution < 1.29 is 0 Å². The zero-order chi connectivity index (χ0) is 10.1. The van der Waals surface area contributed by atoms with Crippen molar-refractivity contribution in [3.63, 3.8) is 0 Å². The highest BCUT2D eigenvalue weighted by molar-refractivity contribution is 8.00. The minimum absolute atomic E-state index is 0.302. The molecule has 0 aliphatic carbocycles. The van der Waals surface area contributed by atoms with E-state index in [4.69, 9.17) is 0 Å². The summed E-state index contributed by atoms with van der Waals surface area (Å²) in [5.41, 5.74) is 2.78. The summed E-state index contributed by atoms with van der Waals surface area (Å²) in [4.78, 5) is 1.44. The highest BCUT2D eigenvalue weighted by atomic mass is 32.2. The fourth-order valence-electron chi connectivity index (χ4n) is 1.27. The van der Waals surface area contributed by atoms with E-state index in [0.29, 0.717) is 4.75 Å². The second-order valence-corrected chi connectivity index (χ2v) is 6.27. The van der Waals surface area contributed by atoms with E-state index in [0.717, 1.165) is 0 Å². The van der Waals surface area contributed by atoms with Crippen molar-refractivity contribution in [3.05, 3.63) is 29.3 Å². The van der Waals surface area contributed by atoms with E-state index < -0.39 is 0 Å². The van der Waals surface area contributed by atoms with Crippen molar-refractivity contribution in [3.8, 4) is 0 Å². The van der Waals surface area contributed by atoms with Gasteiger partial charge in [-0.3, -0.25) is 0 Å². The van der Waals surface area contributed by atoms with E-state index in [-0.39, 0.29) is 0 Å². The number of rotatable bonds is 1. The Balaban J connectivity index is 3.00. The third-order valence-corrected chi connectivity index (χ3v) is 3.28. The zero-order valence-corrected chi connectivity index (χ0v) is 9.96. The van der Waals surface area contributed by atoms with Crippen molar-refractivity contribution in [2.45, 2.75) is 44.3 Å². The molecule has 0 bridgehead atoms. The quantitative estimate of drug-likeness (QED) is 0.604. The van der Waals surface area contributed by atoms with Crippen molar-refractivity contribution in [2.75, 3.05) is 0 Å². The second kappa shape index (κ2) is 3.75. The number of thioether (sulfide) groups is 1. The normalized spacial score (nSPS) is 11.8. The molecule has 0 N–H and O–H groups in total. The van der Waals surface area contributed by atoms with Crippen LogP contribution in [0.2, 0.25) is 0 Å². The average Bonchev–Trinajstić information content (AvgIpc) is 1.95. The Bertz CT molecular complexity index is 274. The van der Waals surface area contributed by atoms with Gasteiger partial charge in [0, 0.05) is 9.64 Å². The molecule has 0 unspecified atom stereocenters. The third-order valence-electron chi connectivity index (χ3n) is 1.82. The van der Waals surface area contributed by atoms with Gasteiger partial charge in [-0.05, 0) is 25.0 Å². The van der Waals surface area contributed by atoms with Crippen LogP contribution in [0.4, 0.5) is 0 Å². The van der Waals surface area contributed by atoms with Gasteiger partial charge in [-0.2, -0.15) is 0 Å². The zero-order valence-electron chi connectivity index (χ0n) is 9.14. The first-order valence-corrected chi connectivity index (χ1v) is 5.47. The monoisotopic (exact) mass is 194 g/mol. The predicted molar refractivity (Wildman–Crippen MR) is 61.5 cm³/mol. The van der Waals surface area contributed by atoms with Crippen molar-refractivity contribution >= 4 is 11.8 Å². The van der Waals surface area contributed by atoms with Crippen LogP contribution in [0.1, 0.15) is 31.9 Å². The van der Waals surface area contributed by atoms with E-state index in [2.05, 4.69) is 52.8 Å². The predicted octanol–water partition coefficient (Wildman–Crippen LogP) is 4.19. The molecule has 0 nitrogen and oxygen atoms in total. The lowest BCUT2D eigenvalue weighted by atomic mass is 10.2. The Morgan fingerprint density at radius 2 is 1.46 bits per heavy atom. The smallest absolute Gasteiger partial charge is 0.0136 e. The van der Waals surface area contributed by atoms with Crippen LogP contribution in [-0.2, 0) is 0 Å². The summed E-state index contributed by atoms with van der Waals surface area (Å²) in [6.07, 6.45) is 0. The molecule has 13 heavy (non-hydrogen) atoms. The Kier molecular flexibility index (Phi) is 3.07. The van der Waals surface area contributed by atoms with Crippen molar-refractivity contribution in [1.29, 1.82) is 0 Å². The molecule has 0 radical (unpaired) electrons. The lowest BCUT2D eigenvalue weighted by Crippen LogP contribution is -2.07. The van der Waals surface area contributed by atoms with Gasteiger partial charge < -0.3 is 0 Å². The maximum Gasteiger partial charge on any atom is 0.0136 e. The minimum Gasteiger partial charge on any atom is -0.120 e. The van der Waals surface area contributed by atoms with Gasteiger partial charge in [-0.1, -0.05) is 39.0 Å². The lowest BCUT2D eigenvalue weighted by Gasteiger charge is -2.20. The fourth-order valence-corrected chi connectivity index (χ4v) is 2.34. The fraction of sp³-hybridized carbons (Fsp3) is 0.500. The average molecular weight is 194 g/mol. The molecule has 0 saturated heterocycles. The Hall–Kier alpha value is -0.430. The highest BCUT2D eigenvalue weighted by Crippen LogP contribution is 2.35. The first kappa shape index (κ1) is 10.6. The summed E-state index contributed by atoms with van der Waals surface area (Å²) < 4.78 is 0.302. The van der Waals surface area contributed by atoms with Gasteiger partial charge in [0.25, 0.3) is 0 Å². The minimum atomic E-state index is 0.302. The Morgan fingerprint density at radius 1 is 1.00 bits per heavy atom. The molecule has 1 aromatic rings. The van der Waals surface area contributed by atoms with E-state index in [9.17, 15) is 0 Å². The molecule has 1 aromatic carbocycles. The highest BCUT2D eigenvalue weighted by Gasteiger charge is 2.14. The van der Waals surface area contributed by atoms with Crippen LogP contribution in [0.25, 0.3) is 0 Å². The molecular weight excluding hydrogens is 176 g/mol. The van der Waals surface area contributed by atoms with Gasteiger partial charge in [0.15, 0.2) is 0 Å². The van der Waals surface area contributed by atoms with Gasteiger partial charge in [-0.15, -0.1) is 11.8 Å². The van der Waals surface area contributed by atoms with E-state index in [1.807, 2.05) is 11.8 Å². The van der Waals surface area contributed by atoms with E-state index in [1.165, 1.54) is 16.0 Å². The lowest BCUT2D eigenvalue weighted by molar-refractivity contribution is 0.801. The number of hydrogen-bond acceptors (Lipinski definition) is 1. The topological polar surface area (TPSA) is 0 Å². The summed E-state index contributed by atoms with van der Waals surface area (Å²) in [6, 6.07) is 6.49. The first-order valence-electron chi connectivity index (χ1n) is 4.65. The molecule has 0 spiro atoms. The first-order chi connectivity index (χ1) is 5.90. The van der Waals surface area contributed by atoms with Gasteiger partial charge in [0.2, 0.25) is 0 Å². The SMILES string of the molecule is Cc1cccc(C)c1SC(C)(C)C. The summed E-state index contributed by atoms with van der Waals surface area (Å²) in [5, 5.41) is 0. The molecule has 0 aromatic heterocycles. The molecular formula is C12H18S. The number of benzene rings is 1. The van der Waals surface area contributed by atoms with Gasteiger partial charge in [0.1, 0.15) is 0 Å². The molecule has 0 heterocycles. The largest absolute Gasteiger partial charge is 0.120 e. The van der Waals surface area contributed by atoms with Crippen molar-refractivity contribution in [2.24, 2.45) is 0 Å². The van der Waals surface area contributed by atoms with Crippen LogP contribution < -0.4 is 0 Å². The Labute approximate surface area is 85.7 Å². The van der Waals surface area contributed by atoms with Gasteiger partial charge in [-0.25, -0.2) is 0 Å². The van der Waals surface area contributed by atoms with Crippen LogP contribution in [0, 0.1) is 13.8 Å². The van der Waals surface area contributed by atoms with Crippen LogP contribution in [-0.4, -0.2) is 4.75 Å². The molecule has 0 saturated carbocycles. The number of aryl methyl sites for hydroxylation is 2. The van der Waals surface area contributed by atoms with Gasteiger partial charge in [0.05, 0.1) is 0 Å². The molecule has 0 fully saturated rings. The molecule has 0 aliphatic rings. The van der Waals surface area contributed by atoms with Crippen LogP contribution in [0.5, 0.6) is 0 Å². The van der Waals surface area contributed by atoms with Crippen LogP contribution in [0.3, 0.4) is 0 Å².